The second-order valence-corrected chi connectivity index (χ2v) is 4.34. The summed E-state index contributed by atoms with van der Waals surface area (Å²) in [5, 5.41) is 0. The number of carbonyl (C=O) groups is 1. The zero-order valence-corrected chi connectivity index (χ0v) is 9.35. The lowest BCUT2D eigenvalue weighted by Crippen LogP contribution is -2.34. The maximum Gasteiger partial charge on any atom is 0.187 e. The summed E-state index contributed by atoms with van der Waals surface area (Å²) in [5.41, 5.74) is 0. The molecule has 4 atom stereocenters. The third-order valence-corrected chi connectivity index (χ3v) is 2.64. The number of ether oxygens (including phenoxy) is 4. The number of ketones is 1. The zero-order chi connectivity index (χ0) is 11.2. The topological polar surface area (TPSA) is 54.0 Å². The molecule has 4 unspecified atom stereocenters. The van der Waals surface area contributed by atoms with E-state index >= 15 is 0 Å². The molecule has 2 saturated heterocycles. The third kappa shape index (κ3) is 1.80. The van der Waals surface area contributed by atoms with E-state index in [-0.39, 0.29) is 18.0 Å². The van der Waals surface area contributed by atoms with Gasteiger partial charge in [0.25, 0.3) is 0 Å². The van der Waals surface area contributed by atoms with Crippen molar-refractivity contribution in [2.24, 2.45) is 0 Å². The number of carbonyl (C=O) groups excluding carboxylic acids is 1. The highest BCUT2D eigenvalue weighted by Gasteiger charge is 2.56. The molecule has 0 aromatic rings. The van der Waals surface area contributed by atoms with Gasteiger partial charge in [0.05, 0.1) is 0 Å². The highest BCUT2D eigenvalue weighted by atomic mass is 16.8. The van der Waals surface area contributed by atoms with E-state index in [1.807, 2.05) is 13.8 Å². The van der Waals surface area contributed by atoms with E-state index in [1.165, 1.54) is 14.0 Å². The highest BCUT2D eigenvalue weighted by molar-refractivity contribution is 5.81. The number of methoxy groups -OCH3 is 1. The van der Waals surface area contributed by atoms with Gasteiger partial charge in [0.15, 0.2) is 17.9 Å². The summed E-state index contributed by atoms with van der Waals surface area (Å²) in [6, 6.07) is 0. The van der Waals surface area contributed by atoms with Crippen molar-refractivity contribution in [3.63, 3.8) is 0 Å². The van der Waals surface area contributed by atoms with Crippen molar-refractivity contribution in [2.75, 3.05) is 7.11 Å². The van der Waals surface area contributed by atoms with Crippen molar-refractivity contribution in [1.82, 2.24) is 0 Å². The summed E-state index contributed by atoms with van der Waals surface area (Å²) in [6.45, 7) is 5.11. The SMILES string of the molecule is COC1OC(C(C)=O)C2OC(C)(C)OC12. The summed E-state index contributed by atoms with van der Waals surface area (Å²) in [5.74, 6) is -0.741. The van der Waals surface area contributed by atoms with Crippen molar-refractivity contribution in [1.29, 1.82) is 0 Å². The predicted molar refractivity (Wildman–Crippen MR) is 50.2 cm³/mol. The van der Waals surface area contributed by atoms with Crippen LogP contribution in [0.1, 0.15) is 20.8 Å². The molecule has 0 aliphatic carbocycles. The van der Waals surface area contributed by atoms with Gasteiger partial charge in [-0.2, -0.15) is 0 Å². The van der Waals surface area contributed by atoms with Crippen LogP contribution in [0.15, 0.2) is 0 Å². The van der Waals surface area contributed by atoms with Gasteiger partial charge in [0.1, 0.15) is 18.3 Å². The molecule has 0 aromatic heterocycles. The van der Waals surface area contributed by atoms with Crippen LogP contribution < -0.4 is 0 Å². The molecule has 0 aromatic carbocycles. The molecule has 0 N–H and O–H groups in total. The monoisotopic (exact) mass is 216 g/mol. The van der Waals surface area contributed by atoms with E-state index < -0.39 is 18.2 Å². The molecule has 0 saturated carbocycles. The number of Topliss-reactive ketones (excluding diaryl/α,β-unsaturated/α-hetero) is 1. The Morgan fingerprint density at radius 3 is 2.40 bits per heavy atom. The standard InChI is InChI=1S/C10H16O5/c1-5(11)6-7-8(9(12-4)13-6)15-10(2,3)14-7/h6-9H,1-4H3. The Balaban J connectivity index is 2.19. The second-order valence-electron chi connectivity index (χ2n) is 4.34. The van der Waals surface area contributed by atoms with Crippen LogP contribution in [0.3, 0.4) is 0 Å². The van der Waals surface area contributed by atoms with Crippen LogP contribution >= 0.6 is 0 Å². The Morgan fingerprint density at radius 1 is 1.27 bits per heavy atom. The summed E-state index contributed by atoms with van der Waals surface area (Å²) >= 11 is 0. The number of fused-ring (bicyclic) bond motifs is 1. The molecule has 5 heteroatoms. The Kier molecular flexibility index (Phi) is 2.58. The van der Waals surface area contributed by atoms with Gasteiger partial charge in [-0.05, 0) is 20.8 Å². The van der Waals surface area contributed by atoms with Crippen LogP contribution in [0.2, 0.25) is 0 Å². The normalized spacial score (nSPS) is 42.9. The molecule has 86 valence electrons. The first kappa shape index (κ1) is 11.0. The summed E-state index contributed by atoms with van der Waals surface area (Å²) in [7, 11) is 1.53. The lowest BCUT2D eigenvalue weighted by Gasteiger charge is -2.22. The van der Waals surface area contributed by atoms with Crippen LogP contribution in [0, 0.1) is 0 Å². The molecule has 0 radical (unpaired) electrons. The molecular weight excluding hydrogens is 200 g/mol. The number of hydrogen-bond acceptors (Lipinski definition) is 5. The van der Waals surface area contributed by atoms with Gasteiger partial charge in [-0.1, -0.05) is 0 Å². The number of hydrogen-bond donors (Lipinski definition) is 0. The first-order valence-electron chi connectivity index (χ1n) is 4.99. The molecular formula is C10H16O5. The first-order chi connectivity index (χ1) is 6.94. The van der Waals surface area contributed by atoms with Crippen LogP contribution in [0.4, 0.5) is 0 Å². The number of rotatable bonds is 2. The maximum absolute atomic E-state index is 11.3. The largest absolute Gasteiger partial charge is 0.353 e. The van der Waals surface area contributed by atoms with Crippen LogP contribution in [-0.2, 0) is 23.7 Å². The van der Waals surface area contributed by atoms with Gasteiger partial charge in [0.2, 0.25) is 0 Å². The van der Waals surface area contributed by atoms with E-state index in [0.29, 0.717) is 0 Å². The van der Waals surface area contributed by atoms with Crippen molar-refractivity contribution < 1.29 is 23.7 Å². The minimum absolute atomic E-state index is 0.0640. The van der Waals surface area contributed by atoms with Gasteiger partial charge in [0, 0.05) is 7.11 Å². The zero-order valence-electron chi connectivity index (χ0n) is 9.35. The molecule has 2 aliphatic rings. The Bertz CT molecular complexity index is 275. The summed E-state index contributed by atoms with van der Waals surface area (Å²) < 4.78 is 21.8. The van der Waals surface area contributed by atoms with Gasteiger partial charge < -0.3 is 18.9 Å². The smallest absolute Gasteiger partial charge is 0.187 e. The quantitative estimate of drug-likeness (QED) is 0.671. The van der Waals surface area contributed by atoms with E-state index in [0.717, 1.165) is 0 Å². The molecule has 15 heavy (non-hydrogen) atoms. The molecule has 2 aliphatic heterocycles. The lowest BCUT2D eigenvalue weighted by molar-refractivity contribution is -0.225. The van der Waals surface area contributed by atoms with Gasteiger partial charge >= 0.3 is 0 Å². The van der Waals surface area contributed by atoms with Crippen molar-refractivity contribution >= 4 is 5.78 Å². The molecule has 0 bridgehead atoms. The Hall–Kier alpha value is -0.490. The van der Waals surface area contributed by atoms with E-state index in [2.05, 4.69) is 0 Å². The molecule has 2 heterocycles. The molecule has 2 rings (SSSR count). The van der Waals surface area contributed by atoms with Gasteiger partial charge in [-0.3, -0.25) is 4.79 Å². The Labute approximate surface area is 88.6 Å². The van der Waals surface area contributed by atoms with Gasteiger partial charge in [-0.25, -0.2) is 0 Å². The third-order valence-electron chi connectivity index (χ3n) is 2.64. The van der Waals surface area contributed by atoms with Crippen LogP contribution in [0.5, 0.6) is 0 Å². The fraction of sp³-hybridized carbons (Fsp3) is 0.900. The maximum atomic E-state index is 11.3. The molecule has 0 amide bonds. The van der Waals surface area contributed by atoms with E-state index in [4.69, 9.17) is 18.9 Å². The Morgan fingerprint density at radius 2 is 1.87 bits per heavy atom. The molecule has 2 fully saturated rings. The fourth-order valence-electron chi connectivity index (χ4n) is 2.08. The van der Waals surface area contributed by atoms with E-state index in [1.54, 1.807) is 0 Å². The predicted octanol–water partition coefficient (Wildman–Crippen LogP) is 0.467. The highest BCUT2D eigenvalue weighted by Crippen LogP contribution is 2.38. The summed E-state index contributed by atoms with van der Waals surface area (Å²) in [6.07, 6.45) is -1.78. The van der Waals surface area contributed by atoms with Crippen LogP contribution in [-0.4, -0.2) is 43.3 Å². The van der Waals surface area contributed by atoms with E-state index in [9.17, 15) is 4.79 Å². The summed E-state index contributed by atoms with van der Waals surface area (Å²) in [4.78, 5) is 11.3. The minimum Gasteiger partial charge on any atom is -0.353 e. The van der Waals surface area contributed by atoms with Crippen molar-refractivity contribution in [3.05, 3.63) is 0 Å². The van der Waals surface area contributed by atoms with Crippen molar-refractivity contribution in [2.45, 2.75) is 51.2 Å². The van der Waals surface area contributed by atoms with Gasteiger partial charge in [-0.15, -0.1) is 0 Å². The molecule has 5 nitrogen and oxygen atoms in total. The lowest BCUT2D eigenvalue weighted by atomic mass is 10.1. The fourth-order valence-corrected chi connectivity index (χ4v) is 2.08. The van der Waals surface area contributed by atoms with Crippen molar-refractivity contribution in [3.8, 4) is 0 Å². The second kappa shape index (κ2) is 3.52. The molecule has 0 spiro atoms. The first-order valence-corrected chi connectivity index (χ1v) is 4.99. The van der Waals surface area contributed by atoms with Crippen LogP contribution in [0.25, 0.3) is 0 Å². The minimum atomic E-state index is -0.677. The average molecular weight is 216 g/mol. The average Bonchev–Trinajstić information content (AvgIpc) is 2.57.